The zero-order valence-corrected chi connectivity index (χ0v) is 24.3. The smallest absolute Gasteiger partial charge is 0.274 e. The number of amides is 2. The van der Waals surface area contributed by atoms with E-state index in [9.17, 15) is 18.0 Å². The molecule has 0 aliphatic carbocycles. The molecule has 1 unspecified atom stereocenters. The van der Waals surface area contributed by atoms with Crippen molar-refractivity contribution in [3.05, 3.63) is 70.9 Å². The number of anilines is 1. The number of sulfonamides is 1. The second-order valence-corrected chi connectivity index (χ2v) is 11.4. The number of carbonyl (C=O) groups is 2. The Kier molecular flexibility index (Phi) is 7.97. The number of rotatable bonds is 9. The highest BCUT2D eigenvalue weighted by Gasteiger charge is 2.58. The summed E-state index contributed by atoms with van der Waals surface area (Å²) in [5, 5.41) is 3.37. The number of carbonyl (C=O) groups excluding carboxylic acids is 2. The van der Waals surface area contributed by atoms with Crippen LogP contribution < -0.4 is 23.8 Å². The Labute approximate surface area is 237 Å². The Balaban J connectivity index is 2.05. The first kappa shape index (κ1) is 29.1. The van der Waals surface area contributed by atoms with Crippen LogP contribution in [-0.2, 0) is 25.2 Å². The molecule has 4 rings (SSSR count). The fourth-order valence-corrected chi connectivity index (χ4v) is 6.56. The number of hydrogen-bond donors (Lipinski definition) is 1. The standard InChI is InChI=1S/C27H29ClN4O7S/c1-16(25(33)31(2)3)30-27(19-8-7-13-29-24(19)39-6)20-14-17(28)9-11-21(20)32(26(27)34)40(35,36)23-12-10-18(37-4)15-22(23)38-5/h7-16,30H,1-6H3/t16?,27-/m1/s1. The number of halogens is 1. The molecular weight excluding hydrogens is 560 g/mol. The molecule has 1 aromatic heterocycles. The zero-order valence-electron chi connectivity index (χ0n) is 22.8. The molecule has 13 heteroatoms. The summed E-state index contributed by atoms with van der Waals surface area (Å²) in [7, 11) is 2.69. The maximum atomic E-state index is 14.7. The van der Waals surface area contributed by atoms with Gasteiger partial charge in [0.25, 0.3) is 15.9 Å². The van der Waals surface area contributed by atoms with E-state index in [0.29, 0.717) is 10.1 Å². The molecule has 0 spiro atoms. The van der Waals surface area contributed by atoms with Crippen LogP contribution in [0.5, 0.6) is 17.4 Å². The number of fused-ring (bicyclic) bond motifs is 1. The summed E-state index contributed by atoms with van der Waals surface area (Å²) in [6, 6.07) is 10.8. The summed E-state index contributed by atoms with van der Waals surface area (Å²) >= 11 is 6.41. The third-order valence-electron chi connectivity index (χ3n) is 6.59. The van der Waals surface area contributed by atoms with E-state index < -0.39 is 27.5 Å². The fraction of sp³-hybridized carbons (Fsp3) is 0.296. The molecule has 40 heavy (non-hydrogen) atoms. The summed E-state index contributed by atoms with van der Waals surface area (Å²) in [5.41, 5.74) is -1.50. The van der Waals surface area contributed by atoms with Crippen molar-refractivity contribution in [3.8, 4) is 17.4 Å². The fourth-order valence-electron chi connectivity index (χ4n) is 4.78. The van der Waals surface area contributed by atoms with Crippen LogP contribution >= 0.6 is 11.6 Å². The second kappa shape index (κ2) is 11.0. The molecule has 2 aromatic carbocycles. The van der Waals surface area contributed by atoms with Gasteiger partial charge in [0.15, 0.2) is 5.54 Å². The number of nitrogens with zero attached hydrogens (tertiary/aromatic N) is 3. The first-order valence-corrected chi connectivity index (χ1v) is 13.9. The van der Waals surface area contributed by atoms with Gasteiger partial charge in [-0.05, 0) is 49.4 Å². The van der Waals surface area contributed by atoms with E-state index in [-0.39, 0.29) is 44.3 Å². The van der Waals surface area contributed by atoms with Gasteiger partial charge in [-0.15, -0.1) is 0 Å². The normalized spacial score (nSPS) is 17.3. The van der Waals surface area contributed by atoms with Gasteiger partial charge in [-0.25, -0.2) is 17.7 Å². The molecule has 3 aromatic rings. The molecule has 2 atom stereocenters. The van der Waals surface area contributed by atoms with Crippen molar-refractivity contribution < 1.29 is 32.2 Å². The molecular formula is C27H29ClN4O7S. The van der Waals surface area contributed by atoms with Crippen LogP contribution in [0.2, 0.25) is 5.02 Å². The first-order chi connectivity index (χ1) is 18.9. The average molecular weight is 589 g/mol. The Morgan fingerprint density at radius 3 is 2.40 bits per heavy atom. The van der Waals surface area contributed by atoms with Gasteiger partial charge in [0.05, 0.1) is 33.1 Å². The van der Waals surface area contributed by atoms with Gasteiger partial charge in [0.1, 0.15) is 16.4 Å². The number of aromatic nitrogens is 1. The number of pyridine rings is 1. The monoisotopic (exact) mass is 588 g/mol. The van der Waals surface area contributed by atoms with Crippen molar-refractivity contribution in [1.29, 1.82) is 0 Å². The number of likely N-dealkylation sites (N-methyl/N-ethyl adjacent to an activating group) is 1. The Morgan fingerprint density at radius 1 is 1.05 bits per heavy atom. The van der Waals surface area contributed by atoms with Crippen LogP contribution in [0.3, 0.4) is 0 Å². The number of hydrogen-bond acceptors (Lipinski definition) is 9. The second-order valence-electron chi connectivity index (χ2n) is 9.16. The Bertz CT molecular complexity index is 1580. The molecule has 0 bridgehead atoms. The van der Waals surface area contributed by atoms with Crippen LogP contribution in [0.1, 0.15) is 18.1 Å². The molecule has 0 fully saturated rings. The van der Waals surface area contributed by atoms with Gasteiger partial charge < -0.3 is 19.1 Å². The highest BCUT2D eigenvalue weighted by molar-refractivity contribution is 7.93. The molecule has 0 saturated carbocycles. The molecule has 2 heterocycles. The van der Waals surface area contributed by atoms with E-state index in [4.69, 9.17) is 25.8 Å². The largest absolute Gasteiger partial charge is 0.497 e. The van der Waals surface area contributed by atoms with Crippen molar-refractivity contribution in [1.82, 2.24) is 15.2 Å². The third-order valence-corrected chi connectivity index (χ3v) is 8.56. The molecule has 11 nitrogen and oxygen atoms in total. The molecule has 1 aliphatic heterocycles. The lowest BCUT2D eigenvalue weighted by Crippen LogP contribution is -2.58. The minimum atomic E-state index is -4.59. The van der Waals surface area contributed by atoms with Crippen LogP contribution in [0, 0.1) is 0 Å². The highest BCUT2D eigenvalue weighted by Crippen LogP contribution is 2.50. The van der Waals surface area contributed by atoms with Gasteiger partial charge in [-0.1, -0.05) is 11.6 Å². The highest BCUT2D eigenvalue weighted by atomic mass is 35.5. The van der Waals surface area contributed by atoms with E-state index >= 15 is 0 Å². The number of methoxy groups -OCH3 is 3. The zero-order chi connectivity index (χ0) is 29.4. The number of ether oxygens (including phenoxy) is 3. The Hall–Kier alpha value is -3.87. The summed E-state index contributed by atoms with van der Waals surface area (Å²) < 4.78 is 45.3. The lowest BCUT2D eigenvalue weighted by atomic mass is 9.83. The topological polar surface area (TPSA) is 127 Å². The van der Waals surface area contributed by atoms with Gasteiger partial charge in [-0.3, -0.25) is 14.9 Å². The van der Waals surface area contributed by atoms with Gasteiger partial charge in [0, 0.05) is 42.5 Å². The number of benzene rings is 2. The SMILES string of the molecule is COc1ccc(S(=O)(=O)N2C(=O)[C@@](NC(C)C(=O)N(C)C)(c3cccnc3OC)c3cc(Cl)ccc32)c(OC)c1. The summed E-state index contributed by atoms with van der Waals surface area (Å²) in [6.45, 7) is 1.58. The van der Waals surface area contributed by atoms with Gasteiger partial charge >= 0.3 is 0 Å². The Morgan fingerprint density at radius 2 is 1.77 bits per heavy atom. The van der Waals surface area contributed by atoms with Crippen LogP contribution in [-0.4, -0.2) is 71.6 Å². The van der Waals surface area contributed by atoms with E-state index in [1.165, 1.54) is 68.8 Å². The lowest BCUT2D eigenvalue weighted by molar-refractivity contribution is -0.131. The maximum Gasteiger partial charge on any atom is 0.274 e. The summed E-state index contributed by atoms with van der Waals surface area (Å²) in [6.07, 6.45) is 1.47. The number of nitrogens with one attached hydrogen (secondary N) is 1. The molecule has 0 saturated heterocycles. The van der Waals surface area contributed by atoms with Crippen LogP contribution in [0.4, 0.5) is 5.69 Å². The summed E-state index contributed by atoms with van der Waals surface area (Å²) in [4.78, 5) is 33.1. The van der Waals surface area contributed by atoms with Crippen LogP contribution in [0.25, 0.3) is 0 Å². The van der Waals surface area contributed by atoms with E-state index in [1.54, 1.807) is 33.2 Å². The third kappa shape index (κ3) is 4.61. The molecule has 0 radical (unpaired) electrons. The van der Waals surface area contributed by atoms with Crippen molar-refractivity contribution in [2.24, 2.45) is 0 Å². The molecule has 212 valence electrons. The first-order valence-electron chi connectivity index (χ1n) is 12.0. The maximum absolute atomic E-state index is 14.7. The van der Waals surface area contributed by atoms with Crippen molar-refractivity contribution >= 4 is 39.1 Å². The van der Waals surface area contributed by atoms with Crippen molar-refractivity contribution in [2.75, 3.05) is 39.7 Å². The molecule has 2 amide bonds. The van der Waals surface area contributed by atoms with E-state index in [2.05, 4.69) is 10.3 Å². The van der Waals surface area contributed by atoms with E-state index in [0.717, 1.165) is 0 Å². The van der Waals surface area contributed by atoms with Crippen molar-refractivity contribution in [3.63, 3.8) is 0 Å². The predicted octanol–water partition coefficient (Wildman–Crippen LogP) is 2.81. The summed E-state index contributed by atoms with van der Waals surface area (Å²) in [5.74, 6) is -0.866. The average Bonchev–Trinajstić information content (AvgIpc) is 3.19. The van der Waals surface area contributed by atoms with Gasteiger partial charge in [0.2, 0.25) is 11.8 Å². The van der Waals surface area contributed by atoms with Crippen molar-refractivity contribution in [2.45, 2.75) is 23.4 Å². The van der Waals surface area contributed by atoms with E-state index in [1.807, 2.05) is 0 Å². The predicted molar refractivity (Wildman–Crippen MR) is 149 cm³/mol. The minimum absolute atomic E-state index is 0.0248. The lowest BCUT2D eigenvalue weighted by Gasteiger charge is -2.34. The van der Waals surface area contributed by atoms with Crippen LogP contribution in [0.15, 0.2) is 59.6 Å². The molecule has 1 aliphatic rings. The quantitative estimate of drug-likeness (QED) is 0.401. The molecule has 1 N–H and O–H groups in total. The minimum Gasteiger partial charge on any atom is -0.497 e. The van der Waals surface area contributed by atoms with Gasteiger partial charge in [-0.2, -0.15) is 0 Å².